The minimum absolute atomic E-state index is 0.0133. The van der Waals surface area contributed by atoms with Crippen LogP contribution in [-0.4, -0.2) is 90.3 Å². The Hall–Kier alpha value is -4.98. The van der Waals surface area contributed by atoms with Crippen LogP contribution in [0.2, 0.25) is 0 Å². The van der Waals surface area contributed by atoms with Gasteiger partial charge in [0.25, 0.3) is 5.91 Å². The van der Waals surface area contributed by atoms with Crippen LogP contribution in [0.3, 0.4) is 0 Å². The molecule has 49 heavy (non-hydrogen) atoms. The van der Waals surface area contributed by atoms with Crippen molar-refractivity contribution in [3.63, 3.8) is 0 Å². The molecule has 0 spiro atoms. The van der Waals surface area contributed by atoms with Gasteiger partial charge in [-0.1, -0.05) is 18.7 Å². The molecule has 2 aromatic carbocycles. The minimum atomic E-state index is -0.835. The number of fused-ring (bicyclic) bond motifs is 1. The number of halogens is 2. The summed E-state index contributed by atoms with van der Waals surface area (Å²) in [5.41, 5.74) is 3.38. The molecule has 0 bridgehead atoms. The topological polar surface area (TPSA) is 113 Å². The Morgan fingerprint density at radius 2 is 1.94 bits per heavy atom. The first-order valence-electron chi connectivity index (χ1n) is 15.7. The number of ether oxygens (including phenoxy) is 2. The van der Waals surface area contributed by atoms with E-state index in [1.807, 2.05) is 48.6 Å². The Labute approximate surface area is 286 Å². The quantitative estimate of drug-likeness (QED) is 0.121. The number of likely N-dealkylation sites (N-methyl/N-ethyl adjacent to an activating group) is 1. The Kier molecular flexibility index (Phi) is 9.86. The number of hydrogen-bond donors (Lipinski definition) is 2. The number of carbonyl (C=O) groups excluding carboxylic acids is 2. The summed E-state index contributed by atoms with van der Waals surface area (Å²) < 4.78 is 42.3. The number of rotatable bonds is 12. The van der Waals surface area contributed by atoms with E-state index in [2.05, 4.69) is 27.0 Å². The average Bonchev–Trinajstić information content (AvgIpc) is 3.74. The van der Waals surface area contributed by atoms with Crippen LogP contribution in [0.25, 0.3) is 43.9 Å². The maximum absolute atomic E-state index is 16.0. The Balaban J connectivity index is 1.53. The molecule has 1 aliphatic heterocycles. The number of nitrogens with one attached hydrogen (secondary N) is 2. The van der Waals surface area contributed by atoms with Crippen molar-refractivity contribution in [2.24, 2.45) is 0 Å². The minimum Gasteiger partial charge on any atom is -0.490 e. The normalized spacial score (nSPS) is 13.8. The summed E-state index contributed by atoms with van der Waals surface area (Å²) in [7, 11) is 5.50. The van der Waals surface area contributed by atoms with Crippen molar-refractivity contribution in [3.8, 4) is 39.5 Å². The van der Waals surface area contributed by atoms with Crippen LogP contribution >= 0.6 is 11.3 Å². The van der Waals surface area contributed by atoms with Gasteiger partial charge in [0, 0.05) is 65.2 Å². The van der Waals surface area contributed by atoms with E-state index < -0.39 is 17.7 Å². The highest BCUT2D eigenvalue weighted by Crippen LogP contribution is 2.47. The molecule has 1 fully saturated rings. The molecule has 0 aliphatic carbocycles. The highest BCUT2D eigenvalue weighted by molar-refractivity contribution is 7.18. The predicted molar refractivity (Wildman–Crippen MR) is 185 cm³/mol. The van der Waals surface area contributed by atoms with E-state index in [9.17, 15) is 14.0 Å². The predicted octanol–water partition coefficient (Wildman–Crippen LogP) is 6.07. The van der Waals surface area contributed by atoms with Gasteiger partial charge >= 0.3 is 0 Å². The molecule has 2 amide bonds. The second-order valence-electron chi connectivity index (χ2n) is 12.0. The molecule has 10 nitrogen and oxygen atoms in total. The van der Waals surface area contributed by atoms with Crippen LogP contribution < -0.4 is 10.1 Å². The van der Waals surface area contributed by atoms with Crippen molar-refractivity contribution in [2.75, 3.05) is 47.5 Å². The molecule has 1 saturated heterocycles. The molecule has 3 aromatic heterocycles. The largest absolute Gasteiger partial charge is 0.490 e. The van der Waals surface area contributed by atoms with Crippen molar-refractivity contribution in [2.45, 2.75) is 19.0 Å². The van der Waals surface area contributed by atoms with Crippen molar-refractivity contribution >= 4 is 33.2 Å². The summed E-state index contributed by atoms with van der Waals surface area (Å²) in [5.74, 6) is -2.08. The van der Waals surface area contributed by atoms with Gasteiger partial charge in [-0.25, -0.2) is 13.8 Å². The summed E-state index contributed by atoms with van der Waals surface area (Å²) in [6.07, 6.45) is 1.17. The lowest BCUT2D eigenvalue weighted by atomic mass is 9.95. The second-order valence-corrected chi connectivity index (χ2v) is 12.9. The van der Waals surface area contributed by atoms with Gasteiger partial charge in [0.2, 0.25) is 5.91 Å². The standard InChI is InChI=1S/C36H36F2N6O4S/c1-6-30(45)39-20(2)27-17-28(42-41-27)34-32(31-26(38)15-23(37)16-29(31)48-12-11-47-5)35-25(10-13-49-35)33(40-34)21-8-7-9-22(14-21)36(46)44-18-24(19-44)43(3)4/h6-10,13-17,20,24H,1,11-12,18-19H2,2-5H3,(H,39,45)(H,41,42). The third kappa shape index (κ3) is 6.82. The molecule has 13 heteroatoms. The van der Waals surface area contributed by atoms with Crippen LogP contribution in [0.5, 0.6) is 5.75 Å². The molecule has 254 valence electrons. The lowest BCUT2D eigenvalue weighted by Gasteiger charge is -2.42. The number of nitrogens with zero attached hydrogens (tertiary/aromatic N) is 4. The maximum Gasteiger partial charge on any atom is 0.253 e. The number of aromatic amines is 1. The maximum atomic E-state index is 16.0. The van der Waals surface area contributed by atoms with Gasteiger partial charge in [-0.2, -0.15) is 5.10 Å². The Morgan fingerprint density at radius 3 is 2.67 bits per heavy atom. The highest BCUT2D eigenvalue weighted by atomic mass is 32.1. The van der Waals surface area contributed by atoms with E-state index in [1.54, 1.807) is 19.1 Å². The number of hydrogen-bond acceptors (Lipinski definition) is 8. The second kappa shape index (κ2) is 14.2. The first-order valence-corrected chi connectivity index (χ1v) is 16.5. The van der Waals surface area contributed by atoms with E-state index in [0.717, 1.165) is 12.1 Å². The van der Waals surface area contributed by atoms with Crippen LogP contribution in [0.1, 0.15) is 29.0 Å². The number of H-pyrrole nitrogens is 1. The van der Waals surface area contributed by atoms with E-state index in [4.69, 9.17) is 14.5 Å². The van der Waals surface area contributed by atoms with Gasteiger partial charge in [0.15, 0.2) is 0 Å². The Morgan fingerprint density at radius 1 is 1.14 bits per heavy atom. The fraction of sp³-hybridized carbons (Fsp3) is 0.278. The SMILES string of the molecule is C=CC(=O)NC(C)c1cc(-c2nc(-c3cccc(C(=O)N4CC(N(C)C)C4)c3)c3ccsc3c2-c2c(F)cc(F)cc2OCCOC)n[nH]1. The van der Waals surface area contributed by atoms with E-state index in [1.165, 1.54) is 24.5 Å². The van der Waals surface area contributed by atoms with Crippen LogP contribution in [0, 0.1) is 11.6 Å². The van der Waals surface area contributed by atoms with E-state index in [0.29, 0.717) is 68.7 Å². The van der Waals surface area contributed by atoms with Gasteiger partial charge < -0.3 is 24.6 Å². The van der Waals surface area contributed by atoms with E-state index in [-0.39, 0.29) is 36.3 Å². The number of carbonyl (C=O) groups is 2. The van der Waals surface area contributed by atoms with Gasteiger partial charge in [0.05, 0.1) is 29.6 Å². The van der Waals surface area contributed by atoms with Crippen molar-refractivity contribution < 1.29 is 27.8 Å². The lowest BCUT2D eigenvalue weighted by Crippen LogP contribution is -2.59. The molecule has 6 rings (SSSR count). The number of amides is 2. The number of aromatic nitrogens is 3. The van der Waals surface area contributed by atoms with Crippen molar-refractivity contribution in [1.29, 1.82) is 0 Å². The number of thiophene rings is 1. The van der Waals surface area contributed by atoms with Gasteiger partial charge in [-0.05, 0) is 56.7 Å². The zero-order valence-corrected chi connectivity index (χ0v) is 28.4. The lowest BCUT2D eigenvalue weighted by molar-refractivity contribution is -0.117. The molecule has 5 aromatic rings. The summed E-state index contributed by atoms with van der Waals surface area (Å²) in [6, 6.07) is 12.7. The van der Waals surface area contributed by atoms with Gasteiger partial charge in [-0.15, -0.1) is 11.3 Å². The number of benzene rings is 2. The van der Waals surface area contributed by atoms with Crippen LogP contribution in [0.4, 0.5) is 8.78 Å². The molecule has 2 N–H and O–H groups in total. The Bertz CT molecular complexity index is 2040. The third-order valence-electron chi connectivity index (χ3n) is 8.54. The summed E-state index contributed by atoms with van der Waals surface area (Å²) >= 11 is 1.37. The van der Waals surface area contributed by atoms with Crippen molar-refractivity contribution in [1.82, 2.24) is 30.3 Å². The molecule has 1 aliphatic rings. The molecule has 4 heterocycles. The van der Waals surface area contributed by atoms with Crippen LogP contribution in [0.15, 0.2) is 66.6 Å². The summed E-state index contributed by atoms with van der Waals surface area (Å²) in [5, 5.41) is 12.9. The third-order valence-corrected chi connectivity index (χ3v) is 9.47. The first kappa shape index (κ1) is 33.9. The van der Waals surface area contributed by atoms with Crippen molar-refractivity contribution in [3.05, 3.63) is 89.5 Å². The smallest absolute Gasteiger partial charge is 0.253 e. The van der Waals surface area contributed by atoms with E-state index >= 15 is 4.39 Å². The fourth-order valence-corrected chi connectivity index (χ4v) is 6.71. The van der Waals surface area contributed by atoms with Gasteiger partial charge in [-0.3, -0.25) is 14.7 Å². The monoisotopic (exact) mass is 686 g/mol. The highest BCUT2D eigenvalue weighted by Gasteiger charge is 2.33. The number of pyridine rings is 1. The first-order chi connectivity index (χ1) is 23.6. The number of likely N-dealkylation sites (tertiary alicyclic amines) is 1. The molecule has 1 unspecified atom stereocenters. The molecule has 1 atom stereocenters. The summed E-state index contributed by atoms with van der Waals surface area (Å²) in [4.78, 5) is 34.5. The fourth-order valence-electron chi connectivity index (χ4n) is 5.76. The molecule has 0 radical (unpaired) electrons. The molecule has 0 saturated carbocycles. The zero-order chi connectivity index (χ0) is 34.8. The van der Waals surface area contributed by atoms with Gasteiger partial charge in [0.1, 0.15) is 35.4 Å². The van der Waals surface area contributed by atoms with Crippen LogP contribution in [-0.2, 0) is 9.53 Å². The average molecular weight is 687 g/mol. The molecular weight excluding hydrogens is 650 g/mol. The summed E-state index contributed by atoms with van der Waals surface area (Å²) in [6.45, 7) is 6.84. The molecular formula is C36H36F2N6O4S. The zero-order valence-electron chi connectivity index (χ0n) is 27.5. The number of methoxy groups -OCH3 is 1.